The average Bonchev–Trinajstić information content (AvgIpc) is 3.47. The topological polar surface area (TPSA) is 95.9 Å². The maximum atomic E-state index is 12.5. The number of rotatable bonds is 70. The summed E-state index contributed by atoms with van der Waals surface area (Å²) in [5.74, 6) is -0.0172. The zero-order chi connectivity index (χ0) is 58.5. The van der Waals surface area contributed by atoms with Gasteiger partial charge in [-0.3, -0.25) is 9.59 Å². The molecule has 2 atom stereocenters. The summed E-state index contributed by atoms with van der Waals surface area (Å²) in [4.78, 5) is 24.6. The highest BCUT2D eigenvalue weighted by atomic mass is 16.5. The molecule has 0 aromatic heterocycles. The van der Waals surface area contributed by atoms with Crippen molar-refractivity contribution in [1.29, 1.82) is 0 Å². The molecule has 6 nitrogen and oxygen atoms in total. The summed E-state index contributed by atoms with van der Waals surface area (Å²) in [5, 5.41) is 23.4. The van der Waals surface area contributed by atoms with Crippen LogP contribution in [0.4, 0.5) is 0 Å². The van der Waals surface area contributed by atoms with Gasteiger partial charge in [-0.25, -0.2) is 0 Å². The first-order chi connectivity index (χ1) is 40.0. The molecule has 0 saturated carbocycles. The lowest BCUT2D eigenvalue weighted by Crippen LogP contribution is -2.45. The van der Waals surface area contributed by atoms with E-state index in [-0.39, 0.29) is 18.5 Å². The quantitative estimate of drug-likeness (QED) is 0.0320. The number of allylic oxidation sites excluding steroid dienone is 4. The third-order valence-corrected chi connectivity index (χ3v) is 17.5. The van der Waals surface area contributed by atoms with Crippen molar-refractivity contribution in [2.75, 3.05) is 13.2 Å². The Bertz CT molecular complexity index is 1270. The predicted molar refractivity (Wildman–Crippen MR) is 356 cm³/mol. The van der Waals surface area contributed by atoms with E-state index in [9.17, 15) is 19.8 Å². The van der Waals surface area contributed by atoms with E-state index in [1.54, 1.807) is 0 Å². The van der Waals surface area contributed by atoms with Crippen LogP contribution in [-0.4, -0.2) is 47.4 Å². The molecule has 480 valence electrons. The van der Waals surface area contributed by atoms with Gasteiger partial charge in [-0.15, -0.1) is 0 Å². The number of amides is 1. The minimum absolute atomic E-state index is 0.0134. The minimum Gasteiger partial charge on any atom is -0.466 e. The number of unbranched alkanes of at least 4 members (excludes halogenated alkanes) is 55. The summed E-state index contributed by atoms with van der Waals surface area (Å²) >= 11 is 0. The van der Waals surface area contributed by atoms with Gasteiger partial charge in [-0.05, 0) is 77.0 Å². The fourth-order valence-electron chi connectivity index (χ4n) is 11.8. The smallest absolute Gasteiger partial charge is 0.305 e. The molecule has 0 aliphatic rings. The number of esters is 1. The molecule has 0 aromatic carbocycles. The second-order valence-electron chi connectivity index (χ2n) is 25.6. The van der Waals surface area contributed by atoms with Gasteiger partial charge in [-0.2, -0.15) is 0 Å². The van der Waals surface area contributed by atoms with Crippen molar-refractivity contribution < 1.29 is 24.5 Å². The Hall–Kier alpha value is -1.66. The molecule has 0 fully saturated rings. The largest absolute Gasteiger partial charge is 0.466 e. The zero-order valence-corrected chi connectivity index (χ0v) is 55.0. The molecular formula is C75H145NO5. The highest BCUT2D eigenvalue weighted by Gasteiger charge is 2.20. The lowest BCUT2D eigenvalue weighted by atomic mass is 10.0. The summed E-state index contributed by atoms with van der Waals surface area (Å²) < 4.78 is 5.50. The average molecular weight is 1140 g/mol. The molecule has 3 N–H and O–H groups in total. The van der Waals surface area contributed by atoms with E-state index in [1.165, 1.54) is 340 Å². The van der Waals surface area contributed by atoms with Gasteiger partial charge in [0.2, 0.25) is 5.91 Å². The van der Waals surface area contributed by atoms with Crippen molar-refractivity contribution in [3.05, 3.63) is 24.3 Å². The number of aliphatic hydroxyl groups is 2. The van der Waals surface area contributed by atoms with Gasteiger partial charge in [0.15, 0.2) is 0 Å². The Morgan fingerprint density at radius 1 is 0.333 bits per heavy atom. The molecular weight excluding hydrogens is 995 g/mol. The Kier molecular flexibility index (Phi) is 69.4. The van der Waals surface area contributed by atoms with E-state index in [4.69, 9.17) is 4.74 Å². The normalized spacial score (nSPS) is 12.6. The maximum absolute atomic E-state index is 12.5. The molecule has 81 heavy (non-hydrogen) atoms. The molecule has 0 radical (unpaired) electrons. The molecule has 0 rings (SSSR count). The van der Waals surface area contributed by atoms with Crippen molar-refractivity contribution >= 4 is 11.9 Å². The number of carbonyl (C=O) groups excluding carboxylic acids is 2. The van der Waals surface area contributed by atoms with Crippen LogP contribution < -0.4 is 5.32 Å². The van der Waals surface area contributed by atoms with Gasteiger partial charge < -0.3 is 20.3 Å². The first kappa shape index (κ1) is 79.3. The monoisotopic (exact) mass is 1140 g/mol. The Balaban J connectivity index is 3.37. The molecule has 2 unspecified atom stereocenters. The van der Waals surface area contributed by atoms with E-state index >= 15 is 0 Å². The number of hydrogen-bond acceptors (Lipinski definition) is 5. The van der Waals surface area contributed by atoms with Gasteiger partial charge >= 0.3 is 5.97 Å². The first-order valence-corrected chi connectivity index (χ1v) is 37.1. The number of ether oxygens (including phenoxy) is 1. The lowest BCUT2D eigenvalue weighted by molar-refractivity contribution is -0.143. The van der Waals surface area contributed by atoms with E-state index in [1.807, 2.05) is 0 Å². The standard InChI is InChI=1S/C75H145NO5/c1-3-5-7-9-11-13-15-17-19-21-32-36-39-43-47-51-55-59-63-67-73(78)72(71-77)76-74(79)68-64-60-56-52-48-44-40-37-33-30-28-26-24-22-23-25-27-29-31-34-38-42-46-50-54-58-62-66-70-81-75(80)69-65-61-57-53-49-45-41-35-20-18-16-14-12-10-8-6-4-2/h18,20,22-23,72-73,77-78H,3-17,19,21,24-71H2,1-2H3,(H,76,79)/b20-18-,23-22-. The molecule has 0 aliphatic carbocycles. The number of hydrogen-bond donors (Lipinski definition) is 3. The van der Waals surface area contributed by atoms with Crippen LogP contribution >= 0.6 is 0 Å². The van der Waals surface area contributed by atoms with Crippen molar-refractivity contribution in [2.45, 2.75) is 431 Å². The minimum atomic E-state index is -0.665. The Morgan fingerprint density at radius 3 is 0.877 bits per heavy atom. The van der Waals surface area contributed by atoms with Crippen molar-refractivity contribution in [2.24, 2.45) is 0 Å². The van der Waals surface area contributed by atoms with Gasteiger partial charge in [0, 0.05) is 12.8 Å². The van der Waals surface area contributed by atoms with Gasteiger partial charge in [0.1, 0.15) is 0 Å². The van der Waals surface area contributed by atoms with Crippen molar-refractivity contribution in [3.63, 3.8) is 0 Å². The van der Waals surface area contributed by atoms with Crippen LogP contribution in [0.2, 0.25) is 0 Å². The fourth-order valence-corrected chi connectivity index (χ4v) is 11.8. The third-order valence-electron chi connectivity index (χ3n) is 17.5. The van der Waals surface area contributed by atoms with E-state index < -0.39 is 12.1 Å². The zero-order valence-electron chi connectivity index (χ0n) is 55.0. The van der Waals surface area contributed by atoms with E-state index in [0.717, 1.165) is 44.9 Å². The van der Waals surface area contributed by atoms with Crippen molar-refractivity contribution in [1.82, 2.24) is 5.32 Å². The SMILES string of the molecule is CCCCCCCC/C=C\CCCCCCCCCC(=O)OCCCCCCCCCCCCCC/C=C\CCCCCCCCCCCCCCC(=O)NC(CO)C(O)CCCCCCCCCCCCCCCCCCCCC. The van der Waals surface area contributed by atoms with Crippen LogP contribution in [-0.2, 0) is 14.3 Å². The Labute approximate surface area is 507 Å². The van der Waals surface area contributed by atoms with Gasteiger partial charge in [-0.1, -0.05) is 353 Å². The fraction of sp³-hybridized carbons (Fsp3) is 0.920. The van der Waals surface area contributed by atoms with Gasteiger partial charge in [0.05, 0.1) is 25.4 Å². The van der Waals surface area contributed by atoms with Crippen LogP contribution in [0.3, 0.4) is 0 Å². The van der Waals surface area contributed by atoms with E-state index in [0.29, 0.717) is 25.9 Å². The summed E-state index contributed by atoms with van der Waals surface area (Å²) in [6.45, 7) is 4.99. The summed E-state index contributed by atoms with van der Waals surface area (Å²) in [6.07, 6.45) is 89.5. The number of aliphatic hydroxyl groups excluding tert-OH is 2. The van der Waals surface area contributed by atoms with Gasteiger partial charge in [0.25, 0.3) is 0 Å². The van der Waals surface area contributed by atoms with Crippen LogP contribution in [0.5, 0.6) is 0 Å². The maximum Gasteiger partial charge on any atom is 0.305 e. The molecule has 0 aliphatic heterocycles. The second-order valence-corrected chi connectivity index (χ2v) is 25.6. The van der Waals surface area contributed by atoms with Crippen LogP contribution in [0, 0.1) is 0 Å². The Morgan fingerprint density at radius 2 is 0.580 bits per heavy atom. The van der Waals surface area contributed by atoms with Crippen LogP contribution in [0.15, 0.2) is 24.3 Å². The summed E-state index contributed by atoms with van der Waals surface area (Å²) in [5.41, 5.74) is 0. The van der Waals surface area contributed by atoms with E-state index in [2.05, 4.69) is 43.5 Å². The first-order valence-electron chi connectivity index (χ1n) is 37.1. The molecule has 0 bridgehead atoms. The highest BCUT2D eigenvalue weighted by molar-refractivity contribution is 5.76. The van der Waals surface area contributed by atoms with Crippen molar-refractivity contribution in [3.8, 4) is 0 Å². The molecule has 6 heteroatoms. The third kappa shape index (κ3) is 67.3. The molecule has 0 spiro atoms. The molecule has 0 heterocycles. The molecule has 0 aromatic rings. The summed E-state index contributed by atoms with van der Waals surface area (Å²) in [7, 11) is 0. The number of carbonyl (C=O) groups is 2. The lowest BCUT2D eigenvalue weighted by Gasteiger charge is -2.22. The second kappa shape index (κ2) is 70.8. The molecule has 0 saturated heterocycles. The number of nitrogens with one attached hydrogen (secondary N) is 1. The van der Waals surface area contributed by atoms with Crippen LogP contribution in [0.25, 0.3) is 0 Å². The summed E-state index contributed by atoms with van der Waals surface area (Å²) in [6, 6.07) is -0.542. The predicted octanol–water partition coefficient (Wildman–Crippen LogP) is 24.1. The highest BCUT2D eigenvalue weighted by Crippen LogP contribution is 2.19. The van der Waals surface area contributed by atoms with Crippen LogP contribution in [0.1, 0.15) is 418 Å². The molecule has 1 amide bonds.